The molecule has 0 saturated heterocycles. The van der Waals surface area contributed by atoms with Crippen LogP contribution in [0.25, 0.3) is 16.3 Å². The Hall–Kier alpha value is -2.65. The molecule has 0 aliphatic heterocycles. The van der Waals surface area contributed by atoms with Crippen LogP contribution in [0.3, 0.4) is 0 Å². The van der Waals surface area contributed by atoms with E-state index in [-0.39, 0.29) is 5.56 Å². The average Bonchev–Trinajstić information content (AvgIpc) is 3.34. The van der Waals surface area contributed by atoms with Gasteiger partial charge in [-0.05, 0) is 26.0 Å². The first-order valence-electron chi connectivity index (χ1n) is 8.95. The fraction of sp³-hybridized carbons (Fsp3) is 0.263. The number of nitrogens with zero attached hydrogens (tertiary/aromatic N) is 5. The average molecular weight is 414 g/mol. The Bertz CT molecular complexity index is 1160. The molecule has 0 spiro atoms. The number of para-hydroxylation sites is 1. The minimum atomic E-state index is -0.0647. The Morgan fingerprint density at radius 2 is 2.07 bits per heavy atom. The summed E-state index contributed by atoms with van der Waals surface area (Å²) in [6.07, 6.45) is 1.74. The van der Waals surface area contributed by atoms with Crippen LogP contribution in [-0.4, -0.2) is 30.8 Å². The summed E-state index contributed by atoms with van der Waals surface area (Å²) in [6, 6.07) is 9.41. The van der Waals surface area contributed by atoms with E-state index in [0.717, 1.165) is 34.5 Å². The zero-order chi connectivity index (χ0) is 19.5. The van der Waals surface area contributed by atoms with Gasteiger partial charge in [0.15, 0.2) is 15.9 Å². The summed E-state index contributed by atoms with van der Waals surface area (Å²) >= 11 is 2.97. The quantitative estimate of drug-likeness (QED) is 0.430. The second kappa shape index (κ2) is 8.15. The Morgan fingerprint density at radius 3 is 2.89 bits per heavy atom. The maximum atomic E-state index is 12.2. The maximum absolute atomic E-state index is 12.2. The van der Waals surface area contributed by atoms with Crippen molar-refractivity contribution in [3.8, 4) is 17.1 Å². The molecule has 0 radical (unpaired) electrons. The summed E-state index contributed by atoms with van der Waals surface area (Å²) in [5.41, 5.74) is 1.59. The molecule has 0 unspecified atom stereocenters. The predicted octanol–water partition coefficient (Wildman–Crippen LogP) is 3.73. The van der Waals surface area contributed by atoms with Crippen LogP contribution in [0, 0.1) is 0 Å². The second-order valence-corrected chi connectivity index (χ2v) is 7.73. The molecular formula is C19H19N5O2S2. The largest absolute Gasteiger partial charge is 0.493 e. The molecule has 0 atom stereocenters. The van der Waals surface area contributed by atoms with E-state index >= 15 is 0 Å². The first-order valence-corrected chi connectivity index (χ1v) is 10.8. The van der Waals surface area contributed by atoms with Crippen molar-refractivity contribution in [2.45, 2.75) is 31.3 Å². The van der Waals surface area contributed by atoms with Crippen molar-refractivity contribution in [1.82, 2.24) is 24.1 Å². The van der Waals surface area contributed by atoms with E-state index in [1.807, 2.05) is 36.6 Å². The lowest BCUT2D eigenvalue weighted by Crippen LogP contribution is -2.12. The van der Waals surface area contributed by atoms with E-state index in [9.17, 15) is 4.79 Å². The molecule has 0 N–H and O–H groups in total. The maximum Gasteiger partial charge on any atom is 0.258 e. The van der Waals surface area contributed by atoms with E-state index in [1.54, 1.807) is 16.7 Å². The van der Waals surface area contributed by atoms with Crippen molar-refractivity contribution in [3.05, 3.63) is 58.0 Å². The number of ether oxygens (including phenoxy) is 1. The number of fused-ring (bicyclic) bond motifs is 1. The lowest BCUT2D eigenvalue weighted by molar-refractivity contribution is 0.341. The van der Waals surface area contributed by atoms with Gasteiger partial charge in [-0.3, -0.25) is 9.20 Å². The molecule has 0 bridgehead atoms. The number of hydrogen-bond acceptors (Lipinski definition) is 7. The number of hydrogen-bond donors (Lipinski definition) is 0. The molecule has 144 valence electrons. The third-order valence-corrected chi connectivity index (χ3v) is 5.92. The number of aromatic nitrogens is 5. The summed E-state index contributed by atoms with van der Waals surface area (Å²) in [4.78, 5) is 17.4. The highest BCUT2D eigenvalue weighted by Crippen LogP contribution is 2.31. The summed E-state index contributed by atoms with van der Waals surface area (Å²) in [5, 5.41) is 11.4. The Labute approximate surface area is 170 Å². The van der Waals surface area contributed by atoms with E-state index < -0.39 is 0 Å². The smallest absolute Gasteiger partial charge is 0.258 e. The van der Waals surface area contributed by atoms with Gasteiger partial charge in [0.25, 0.3) is 5.56 Å². The Balaban J connectivity index is 1.62. The highest BCUT2D eigenvalue weighted by molar-refractivity contribution is 7.98. The van der Waals surface area contributed by atoms with Crippen LogP contribution in [0.1, 0.15) is 19.5 Å². The predicted molar refractivity (Wildman–Crippen MR) is 111 cm³/mol. The van der Waals surface area contributed by atoms with Gasteiger partial charge >= 0.3 is 0 Å². The summed E-state index contributed by atoms with van der Waals surface area (Å²) in [5.74, 6) is 2.12. The molecule has 0 aliphatic carbocycles. The third-order valence-electron chi connectivity index (χ3n) is 4.17. The summed E-state index contributed by atoms with van der Waals surface area (Å²) in [6.45, 7) is 5.33. The van der Waals surface area contributed by atoms with Gasteiger partial charge in [-0.1, -0.05) is 23.9 Å². The first-order chi connectivity index (χ1) is 13.7. The molecule has 4 aromatic rings. The SMILES string of the molecule is CCOc1ccccc1-c1nnc(SCc2cc(=O)n3ccsc3n2)n1CC. The molecule has 0 fully saturated rings. The van der Waals surface area contributed by atoms with Gasteiger partial charge in [0.2, 0.25) is 0 Å². The van der Waals surface area contributed by atoms with Gasteiger partial charge in [0.1, 0.15) is 5.75 Å². The van der Waals surface area contributed by atoms with Gasteiger partial charge in [0.05, 0.1) is 17.9 Å². The molecule has 9 heteroatoms. The number of benzene rings is 1. The lowest BCUT2D eigenvalue weighted by atomic mass is 10.2. The van der Waals surface area contributed by atoms with Crippen LogP contribution in [0.4, 0.5) is 0 Å². The van der Waals surface area contributed by atoms with E-state index in [4.69, 9.17) is 4.74 Å². The highest BCUT2D eigenvalue weighted by atomic mass is 32.2. The van der Waals surface area contributed by atoms with Gasteiger partial charge in [-0.2, -0.15) is 0 Å². The van der Waals surface area contributed by atoms with Crippen molar-refractivity contribution >= 4 is 28.1 Å². The molecule has 3 aromatic heterocycles. The Morgan fingerprint density at radius 1 is 1.21 bits per heavy atom. The van der Waals surface area contributed by atoms with Crippen molar-refractivity contribution in [2.75, 3.05) is 6.61 Å². The normalized spacial score (nSPS) is 11.2. The van der Waals surface area contributed by atoms with Crippen LogP contribution in [0.5, 0.6) is 5.75 Å². The summed E-state index contributed by atoms with van der Waals surface area (Å²) in [7, 11) is 0. The number of thiazole rings is 1. The topological polar surface area (TPSA) is 74.3 Å². The lowest BCUT2D eigenvalue weighted by Gasteiger charge is -2.11. The monoisotopic (exact) mass is 413 g/mol. The summed E-state index contributed by atoms with van der Waals surface area (Å²) < 4.78 is 9.35. The standard InChI is InChI=1S/C19H19N5O2S2/c1-3-23-17(14-7-5-6-8-15(14)26-4-2)21-22-19(23)28-12-13-11-16(25)24-9-10-27-18(24)20-13/h5-11H,3-4,12H2,1-2H3. The molecule has 0 amide bonds. The van der Waals surface area contributed by atoms with Gasteiger partial charge < -0.3 is 9.30 Å². The van der Waals surface area contributed by atoms with Crippen molar-refractivity contribution in [1.29, 1.82) is 0 Å². The van der Waals surface area contributed by atoms with Crippen LogP contribution in [-0.2, 0) is 12.3 Å². The molecule has 7 nitrogen and oxygen atoms in total. The van der Waals surface area contributed by atoms with E-state index in [2.05, 4.69) is 26.7 Å². The Kier molecular flexibility index (Phi) is 5.45. The third kappa shape index (κ3) is 3.55. The minimum Gasteiger partial charge on any atom is -0.493 e. The van der Waals surface area contributed by atoms with Crippen LogP contribution < -0.4 is 10.3 Å². The van der Waals surface area contributed by atoms with E-state index in [0.29, 0.717) is 17.3 Å². The van der Waals surface area contributed by atoms with Crippen molar-refractivity contribution in [3.63, 3.8) is 0 Å². The number of thioether (sulfide) groups is 1. The molecule has 1 aromatic carbocycles. The van der Waals surface area contributed by atoms with Gasteiger partial charge in [-0.25, -0.2) is 4.98 Å². The van der Waals surface area contributed by atoms with Crippen molar-refractivity contribution in [2.24, 2.45) is 0 Å². The van der Waals surface area contributed by atoms with Crippen LogP contribution in [0.2, 0.25) is 0 Å². The van der Waals surface area contributed by atoms with Gasteiger partial charge in [-0.15, -0.1) is 21.5 Å². The van der Waals surface area contributed by atoms with Crippen LogP contribution >= 0.6 is 23.1 Å². The fourth-order valence-electron chi connectivity index (χ4n) is 2.91. The highest BCUT2D eigenvalue weighted by Gasteiger charge is 2.17. The number of rotatable bonds is 7. The second-order valence-electron chi connectivity index (χ2n) is 5.91. The molecule has 3 heterocycles. The van der Waals surface area contributed by atoms with Crippen LogP contribution in [0.15, 0.2) is 51.9 Å². The molecule has 0 saturated carbocycles. The molecular weight excluding hydrogens is 394 g/mol. The fourth-order valence-corrected chi connectivity index (χ4v) is 4.55. The van der Waals surface area contributed by atoms with E-state index in [1.165, 1.54) is 23.1 Å². The molecule has 0 aliphatic rings. The zero-order valence-corrected chi connectivity index (χ0v) is 17.2. The zero-order valence-electron chi connectivity index (χ0n) is 15.5. The first kappa shape index (κ1) is 18.7. The van der Waals surface area contributed by atoms with Gasteiger partial charge in [0, 0.05) is 29.9 Å². The molecule has 28 heavy (non-hydrogen) atoms. The molecule has 4 rings (SSSR count). The van der Waals surface area contributed by atoms with Crippen molar-refractivity contribution < 1.29 is 4.74 Å². The minimum absolute atomic E-state index is 0.0647.